The molecule has 0 spiro atoms. The fraction of sp³-hybridized carbons (Fsp3) is 0.667. The molecule has 1 aliphatic carbocycles. The van der Waals surface area contributed by atoms with Gasteiger partial charge in [0.1, 0.15) is 0 Å². The molecule has 1 aliphatic rings. The Kier molecular flexibility index (Phi) is 4.64. The summed E-state index contributed by atoms with van der Waals surface area (Å²) < 4.78 is 10.7. The first-order valence-corrected chi connectivity index (χ1v) is 6.99. The van der Waals surface area contributed by atoms with Crippen molar-refractivity contribution in [3.63, 3.8) is 0 Å². The zero-order chi connectivity index (χ0) is 13.7. The van der Waals surface area contributed by atoms with E-state index in [-0.39, 0.29) is 5.54 Å². The van der Waals surface area contributed by atoms with Crippen molar-refractivity contribution in [3.8, 4) is 11.5 Å². The molecular weight excluding hydrogens is 240 g/mol. The van der Waals surface area contributed by atoms with Gasteiger partial charge in [-0.15, -0.1) is 0 Å². The van der Waals surface area contributed by atoms with Gasteiger partial charge in [0.2, 0.25) is 0 Å². The van der Waals surface area contributed by atoms with E-state index in [0.29, 0.717) is 0 Å². The van der Waals surface area contributed by atoms with Crippen LogP contribution in [0.15, 0.2) is 12.3 Å². The number of rotatable bonds is 5. The summed E-state index contributed by atoms with van der Waals surface area (Å²) >= 11 is 0. The van der Waals surface area contributed by atoms with E-state index in [1.54, 1.807) is 20.4 Å². The number of hydrogen-bond donors (Lipinski definition) is 1. The molecule has 0 aliphatic heterocycles. The van der Waals surface area contributed by atoms with Gasteiger partial charge in [0.05, 0.1) is 19.9 Å². The SMILES string of the molecule is COc1ccnc(CNC2(C)CCCCC2)c1OC. The lowest BCUT2D eigenvalue weighted by molar-refractivity contribution is 0.249. The average Bonchev–Trinajstić information content (AvgIpc) is 2.45. The number of nitrogens with one attached hydrogen (secondary N) is 1. The van der Waals surface area contributed by atoms with Crippen LogP contribution in [-0.4, -0.2) is 24.7 Å². The molecule has 19 heavy (non-hydrogen) atoms. The Morgan fingerprint density at radius 3 is 2.58 bits per heavy atom. The number of methoxy groups -OCH3 is 2. The highest BCUT2D eigenvalue weighted by molar-refractivity contribution is 5.42. The maximum atomic E-state index is 5.41. The van der Waals surface area contributed by atoms with Crippen LogP contribution in [0.1, 0.15) is 44.7 Å². The van der Waals surface area contributed by atoms with Crippen molar-refractivity contribution in [1.29, 1.82) is 0 Å². The van der Waals surface area contributed by atoms with Gasteiger partial charge < -0.3 is 14.8 Å². The lowest BCUT2D eigenvalue weighted by atomic mass is 9.83. The van der Waals surface area contributed by atoms with E-state index >= 15 is 0 Å². The monoisotopic (exact) mass is 264 g/mol. The lowest BCUT2D eigenvalue weighted by Crippen LogP contribution is -2.43. The highest BCUT2D eigenvalue weighted by atomic mass is 16.5. The van der Waals surface area contributed by atoms with Crippen LogP contribution < -0.4 is 14.8 Å². The molecule has 1 aromatic rings. The van der Waals surface area contributed by atoms with Crippen LogP contribution in [0.4, 0.5) is 0 Å². The molecule has 0 bridgehead atoms. The van der Waals surface area contributed by atoms with Crippen LogP contribution in [0, 0.1) is 0 Å². The summed E-state index contributed by atoms with van der Waals surface area (Å²) in [6.45, 7) is 3.02. The van der Waals surface area contributed by atoms with E-state index < -0.39 is 0 Å². The average molecular weight is 264 g/mol. The molecule has 1 N–H and O–H groups in total. The van der Waals surface area contributed by atoms with Gasteiger partial charge in [-0.05, 0) is 19.8 Å². The van der Waals surface area contributed by atoms with Crippen molar-refractivity contribution >= 4 is 0 Å². The Hall–Kier alpha value is -1.29. The van der Waals surface area contributed by atoms with E-state index in [9.17, 15) is 0 Å². The number of ether oxygens (including phenoxy) is 2. The first kappa shape index (κ1) is 14.1. The second-order valence-electron chi connectivity index (χ2n) is 5.47. The van der Waals surface area contributed by atoms with Gasteiger partial charge in [-0.3, -0.25) is 4.98 Å². The van der Waals surface area contributed by atoms with E-state index in [0.717, 1.165) is 23.7 Å². The molecule has 0 unspecified atom stereocenters. The van der Waals surface area contributed by atoms with Gasteiger partial charge >= 0.3 is 0 Å². The van der Waals surface area contributed by atoms with Crippen molar-refractivity contribution in [2.24, 2.45) is 0 Å². The summed E-state index contributed by atoms with van der Waals surface area (Å²) in [5.74, 6) is 1.47. The maximum absolute atomic E-state index is 5.41. The Morgan fingerprint density at radius 2 is 1.95 bits per heavy atom. The summed E-state index contributed by atoms with van der Waals surface area (Å²) in [5.41, 5.74) is 1.14. The quantitative estimate of drug-likeness (QED) is 0.888. The molecule has 0 saturated heterocycles. The Bertz CT molecular complexity index is 415. The molecule has 1 heterocycles. The van der Waals surface area contributed by atoms with Crippen molar-refractivity contribution in [2.75, 3.05) is 14.2 Å². The maximum Gasteiger partial charge on any atom is 0.183 e. The smallest absolute Gasteiger partial charge is 0.183 e. The number of pyridine rings is 1. The Morgan fingerprint density at radius 1 is 1.21 bits per heavy atom. The zero-order valence-corrected chi connectivity index (χ0v) is 12.2. The molecule has 0 aromatic carbocycles. The molecular formula is C15H24N2O2. The molecule has 4 heteroatoms. The van der Waals surface area contributed by atoms with Crippen molar-refractivity contribution in [1.82, 2.24) is 10.3 Å². The number of aromatic nitrogens is 1. The normalized spacial score (nSPS) is 18.1. The van der Waals surface area contributed by atoms with E-state index in [2.05, 4.69) is 17.2 Å². The van der Waals surface area contributed by atoms with Crippen molar-refractivity contribution in [3.05, 3.63) is 18.0 Å². The van der Waals surface area contributed by atoms with E-state index in [1.165, 1.54) is 32.1 Å². The molecule has 0 amide bonds. The predicted molar refractivity (Wildman–Crippen MR) is 75.7 cm³/mol. The third kappa shape index (κ3) is 3.38. The van der Waals surface area contributed by atoms with Gasteiger partial charge in [0.15, 0.2) is 11.5 Å². The summed E-state index contributed by atoms with van der Waals surface area (Å²) in [6.07, 6.45) is 8.22. The molecule has 106 valence electrons. The molecule has 1 saturated carbocycles. The first-order valence-electron chi connectivity index (χ1n) is 6.99. The fourth-order valence-electron chi connectivity index (χ4n) is 2.78. The first-order chi connectivity index (χ1) is 9.18. The van der Waals surface area contributed by atoms with Crippen LogP contribution >= 0.6 is 0 Å². The van der Waals surface area contributed by atoms with Gasteiger partial charge in [0.25, 0.3) is 0 Å². The Balaban J connectivity index is 2.06. The highest BCUT2D eigenvalue weighted by Gasteiger charge is 2.26. The van der Waals surface area contributed by atoms with Crippen LogP contribution in [-0.2, 0) is 6.54 Å². The highest BCUT2D eigenvalue weighted by Crippen LogP contribution is 2.31. The molecule has 1 aromatic heterocycles. The molecule has 4 nitrogen and oxygen atoms in total. The molecule has 1 fully saturated rings. The second-order valence-corrected chi connectivity index (χ2v) is 5.47. The Labute approximate surface area is 115 Å². The molecule has 0 atom stereocenters. The van der Waals surface area contributed by atoms with Crippen molar-refractivity contribution in [2.45, 2.75) is 51.1 Å². The van der Waals surface area contributed by atoms with Crippen molar-refractivity contribution < 1.29 is 9.47 Å². The summed E-state index contributed by atoms with van der Waals surface area (Å²) in [6, 6.07) is 1.82. The van der Waals surface area contributed by atoms with Crippen LogP contribution in [0.3, 0.4) is 0 Å². The van der Waals surface area contributed by atoms with Gasteiger partial charge in [0, 0.05) is 24.3 Å². The zero-order valence-electron chi connectivity index (χ0n) is 12.2. The van der Waals surface area contributed by atoms with Gasteiger partial charge in [-0.2, -0.15) is 0 Å². The third-order valence-corrected chi connectivity index (χ3v) is 4.01. The number of hydrogen-bond acceptors (Lipinski definition) is 4. The standard InChI is InChI=1S/C15H24N2O2/c1-15(8-5-4-6-9-15)17-11-12-14(19-3)13(18-2)7-10-16-12/h7,10,17H,4-6,8-9,11H2,1-3H3. The predicted octanol–water partition coefficient (Wildman–Crippen LogP) is 2.91. The van der Waals surface area contributed by atoms with Crippen LogP contribution in [0.2, 0.25) is 0 Å². The van der Waals surface area contributed by atoms with Crippen LogP contribution in [0.5, 0.6) is 11.5 Å². The van der Waals surface area contributed by atoms with E-state index in [4.69, 9.17) is 9.47 Å². The lowest BCUT2D eigenvalue weighted by Gasteiger charge is -2.34. The third-order valence-electron chi connectivity index (χ3n) is 4.01. The summed E-state index contributed by atoms with van der Waals surface area (Å²) in [5, 5.41) is 3.64. The van der Waals surface area contributed by atoms with Gasteiger partial charge in [-0.25, -0.2) is 0 Å². The number of nitrogens with zero attached hydrogens (tertiary/aromatic N) is 1. The topological polar surface area (TPSA) is 43.4 Å². The minimum absolute atomic E-state index is 0.230. The minimum Gasteiger partial charge on any atom is -0.493 e. The minimum atomic E-state index is 0.230. The summed E-state index contributed by atoms with van der Waals surface area (Å²) in [7, 11) is 3.31. The molecule has 2 rings (SSSR count). The molecule has 0 radical (unpaired) electrons. The second kappa shape index (κ2) is 6.24. The van der Waals surface area contributed by atoms with Crippen LogP contribution in [0.25, 0.3) is 0 Å². The van der Waals surface area contributed by atoms with E-state index in [1.807, 2.05) is 6.07 Å². The summed E-state index contributed by atoms with van der Waals surface area (Å²) in [4.78, 5) is 4.41. The fourth-order valence-corrected chi connectivity index (χ4v) is 2.78. The largest absolute Gasteiger partial charge is 0.493 e. The van der Waals surface area contributed by atoms with Gasteiger partial charge in [-0.1, -0.05) is 19.3 Å².